The van der Waals surface area contributed by atoms with Crippen molar-refractivity contribution >= 4 is 33.8 Å². The van der Waals surface area contributed by atoms with Crippen LogP contribution in [0.15, 0.2) is 42.0 Å². The Labute approximate surface area is 142 Å². The number of aromatic nitrogens is 2. The maximum Gasteiger partial charge on any atom is 0.274 e. The first kappa shape index (κ1) is 14.7. The maximum absolute atomic E-state index is 12.7. The van der Waals surface area contributed by atoms with Crippen molar-refractivity contribution in [3.63, 3.8) is 0 Å². The van der Waals surface area contributed by atoms with E-state index in [1.165, 1.54) is 11.3 Å². The van der Waals surface area contributed by atoms with E-state index in [4.69, 9.17) is 16.3 Å². The molecule has 0 radical (unpaired) electrons. The number of thiazole rings is 1. The molecule has 5 nitrogen and oxygen atoms in total. The lowest BCUT2D eigenvalue weighted by Gasteiger charge is -2.32. The molecule has 4 rings (SSSR count). The second-order valence-electron chi connectivity index (χ2n) is 5.38. The Morgan fingerprint density at radius 2 is 2.17 bits per heavy atom. The van der Waals surface area contributed by atoms with Crippen LogP contribution in [0.2, 0.25) is 5.02 Å². The van der Waals surface area contributed by atoms with Gasteiger partial charge in [0, 0.05) is 29.3 Å². The van der Waals surface area contributed by atoms with E-state index in [0.717, 1.165) is 10.5 Å². The van der Waals surface area contributed by atoms with Gasteiger partial charge in [-0.05, 0) is 17.7 Å². The van der Waals surface area contributed by atoms with Crippen LogP contribution in [-0.2, 0) is 4.74 Å². The number of imidazole rings is 1. The van der Waals surface area contributed by atoms with Crippen LogP contribution in [-0.4, -0.2) is 39.9 Å². The summed E-state index contributed by atoms with van der Waals surface area (Å²) in [5, 5.41) is 2.64. The van der Waals surface area contributed by atoms with Gasteiger partial charge in [0.15, 0.2) is 4.96 Å². The summed E-state index contributed by atoms with van der Waals surface area (Å²) in [4.78, 5) is 19.7. The Morgan fingerprint density at radius 1 is 1.35 bits per heavy atom. The van der Waals surface area contributed by atoms with E-state index in [9.17, 15) is 4.79 Å². The summed E-state index contributed by atoms with van der Waals surface area (Å²) in [5.74, 6) is -0.0526. The first-order valence-electron chi connectivity index (χ1n) is 7.29. The minimum atomic E-state index is -0.131. The van der Waals surface area contributed by atoms with Crippen LogP contribution >= 0.6 is 22.9 Å². The zero-order valence-electron chi connectivity index (χ0n) is 12.2. The summed E-state index contributed by atoms with van der Waals surface area (Å²) in [7, 11) is 0. The molecular weight excluding hydrogens is 334 g/mol. The van der Waals surface area contributed by atoms with Crippen LogP contribution in [0.1, 0.15) is 22.2 Å². The SMILES string of the molecule is O=C(c1cn2ccsc2n1)N1CCO[C@@H](c2ccc(Cl)cc2)C1. The van der Waals surface area contributed by atoms with Gasteiger partial charge in [-0.3, -0.25) is 9.20 Å². The molecule has 1 aliphatic rings. The van der Waals surface area contributed by atoms with Gasteiger partial charge in [0.1, 0.15) is 11.8 Å². The molecule has 118 valence electrons. The molecule has 1 atom stereocenters. The standard InChI is InChI=1S/C16H14ClN3O2S/c17-12-3-1-11(2-4-12)14-10-19(5-7-22-14)15(21)13-9-20-6-8-23-16(20)18-13/h1-4,6,8-9,14H,5,7,10H2/t14-/m1/s1. The first-order chi connectivity index (χ1) is 11.2. The molecule has 1 fully saturated rings. The van der Waals surface area contributed by atoms with Gasteiger partial charge in [0.05, 0.1) is 13.2 Å². The van der Waals surface area contributed by atoms with Crippen LogP contribution in [0.5, 0.6) is 0 Å². The lowest BCUT2D eigenvalue weighted by Crippen LogP contribution is -2.42. The minimum Gasteiger partial charge on any atom is -0.370 e. The second-order valence-corrected chi connectivity index (χ2v) is 6.69. The molecule has 1 aliphatic heterocycles. The number of fused-ring (bicyclic) bond motifs is 1. The van der Waals surface area contributed by atoms with Crippen LogP contribution < -0.4 is 0 Å². The third-order valence-corrected chi connectivity index (χ3v) is 4.93. The highest BCUT2D eigenvalue weighted by atomic mass is 35.5. The molecule has 0 unspecified atom stereocenters. The Kier molecular flexibility index (Phi) is 3.80. The van der Waals surface area contributed by atoms with Crippen molar-refractivity contribution in [1.82, 2.24) is 14.3 Å². The smallest absolute Gasteiger partial charge is 0.274 e. The number of amides is 1. The second kappa shape index (κ2) is 5.96. The predicted molar refractivity (Wildman–Crippen MR) is 89.1 cm³/mol. The quantitative estimate of drug-likeness (QED) is 0.714. The normalized spacial score (nSPS) is 18.5. The summed E-state index contributed by atoms with van der Waals surface area (Å²) in [5.41, 5.74) is 1.51. The summed E-state index contributed by atoms with van der Waals surface area (Å²) in [6.45, 7) is 1.61. The summed E-state index contributed by atoms with van der Waals surface area (Å²) < 4.78 is 7.67. The van der Waals surface area contributed by atoms with Crippen molar-refractivity contribution in [2.75, 3.05) is 19.7 Å². The number of benzene rings is 1. The molecule has 1 saturated heterocycles. The number of nitrogens with zero attached hydrogens (tertiary/aromatic N) is 3. The third kappa shape index (κ3) is 2.85. The van der Waals surface area contributed by atoms with Crippen LogP contribution in [0.25, 0.3) is 4.96 Å². The number of carbonyl (C=O) groups is 1. The number of hydrogen-bond acceptors (Lipinski definition) is 4. The predicted octanol–water partition coefficient (Wildman–Crippen LogP) is 3.26. The van der Waals surface area contributed by atoms with Gasteiger partial charge in [-0.2, -0.15) is 0 Å². The summed E-state index contributed by atoms with van der Waals surface area (Å²) >= 11 is 7.44. The maximum atomic E-state index is 12.7. The van der Waals surface area contributed by atoms with Crippen LogP contribution in [0, 0.1) is 0 Å². The van der Waals surface area contributed by atoms with Crippen molar-refractivity contribution in [2.45, 2.75) is 6.10 Å². The highest BCUT2D eigenvalue weighted by molar-refractivity contribution is 7.15. The van der Waals surface area contributed by atoms with E-state index in [-0.39, 0.29) is 12.0 Å². The average Bonchev–Trinajstić information content (AvgIpc) is 3.16. The number of hydrogen-bond donors (Lipinski definition) is 0. The molecular formula is C16H14ClN3O2S. The number of ether oxygens (including phenoxy) is 1. The van der Waals surface area contributed by atoms with Crippen molar-refractivity contribution in [3.05, 3.63) is 58.3 Å². The Hall–Kier alpha value is -1.89. The highest BCUT2D eigenvalue weighted by Gasteiger charge is 2.27. The number of rotatable bonds is 2. The van der Waals surface area contributed by atoms with Gasteiger partial charge in [-0.25, -0.2) is 4.98 Å². The molecule has 7 heteroatoms. The molecule has 0 saturated carbocycles. The molecule has 1 amide bonds. The van der Waals surface area contributed by atoms with E-state index < -0.39 is 0 Å². The third-order valence-electron chi connectivity index (χ3n) is 3.91. The fraction of sp³-hybridized carbons (Fsp3) is 0.250. The fourth-order valence-electron chi connectivity index (χ4n) is 2.71. The van der Waals surface area contributed by atoms with Gasteiger partial charge in [-0.1, -0.05) is 23.7 Å². The lowest BCUT2D eigenvalue weighted by molar-refractivity contribution is -0.0229. The number of morpholine rings is 1. The highest BCUT2D eigenvalue weighted by Crippen LogP contribution is 2.24. The molecule has 3 heterocycles. The molecule has 2 aromatic heterocycles. The topological polar surface area (TPSA) is 46.8 Å². The Morgan fingerprint density at radius 3 is 2.96 bits per heavy atom. The largest absolute Gasteiger partial charge is 0.370 e. The van der Waals surface area contributed by atoms with Crippen molar-refractivity contribution in [1.29, 1.82) is 0 Å². The molecule has 3 aromatic rings. The van der Waals surface area contributed by atoms with Crippen LogP contribution in [0.4, 0.5) is 0 Å². The van der Waals surface area contributed by atoms with Gasteiger partial charge < -0.3 is 9.64 Å². The van der Waals surface area contributed by atoms with Gasteiger partial charge in [0.2, 0.25) is 0 Å². The Bertz CT molecular complexity index is 814. The zero-order chi connectivity index (χ0) is 15.8. The summed E-state index contributed by atoms with van der Waals surface area (Å²) in [6.07, 6.45) is 3.55. The van der Waals surface area contributed by atoms with Crippen LogP contribution in [0.3, 0.4) is 0 Å². The van der Waals surface area contributed by atoms with Crippen molar-refractivity contribution in [2.24, 2.45) is 0 Å². The summed E-state index contributed by atoms with van der Waals surface area (Å²) in [6, 6.07) is 7.55. The average molecular weight is 348 g/mol. The fourth-order valence-corrected chi connectivity index (χ4v) is 3.53. The molecule has 0 N–H and O–H groups in total. The Balaban J connectivity index is 1.53. The van der Waals surface area contributed by atoms with E-state index in [1.807, 2.05) is 40.2 Å². The van der Waals surface area contributed by atoms with Crippen molar-refractivity contribution in [3.8, 4) is 0 Å². The lowest BCUT2D eigenvalue weighted by atomic mass is 10.1. The van der Waals surface area contributed by atoms with E-state index in [1.54, 1.807) is 11.1 Å². The molecule has 0 aliphatic carbocycles. The molecule has 0 bridgehead atoms. The molecule has 0 spiro atoms. The monoisotopic (exact) mass is 347 g/mol. The molecule has 1 aromatic carbocycles. The van der Waals surface area contributed by atoms with E-state index in [2.05, 4.69) is 4.98 Å². The van der Waals surface area contributed by atoms with Gasteiger partial charge in [0.25, 0.3) is 5.91 Å². The number of carbonyl (C=O) groups excluding carboxylic acids is 1. The van der Waals surface area contributed by atoms with E-state index >= 15 is 0 Å². The molecule has 23 heavy (non-hydrogen) atoms. The van der Waals surface area contributed by atoms with Gasteiger partial charge in [-0.15, -0.1) is 11.3 Å². The van der Waals surface area contributed by atoms with E-state index in [0.29, 0.717) is 30.4 Å². The zero-order valence-corrected chi connectivity index (χ0v) is 13.8. The van der Waals surface area contributed by atoms with Crippen molar-refractivity contribution < 1.29 is 9.53 Å². The van der Waals surface area contributed by atoms with Gasteiger partial charge >= 0.3 is 0 Å². The first-order valence-corrected chi connectivity index (χ1v) is 8.55. The minimum absolute atomic E-state index is 0.0526. The number of halogens is 1.